The molecule has 3 fully saturated rings. The molecule has 0 radical (unpaired) electrons. The number of anilines is 2. The van der Waals surface area contributed by atoms with E-state index in [9.17, 15) is 8.42 Å². The van der Waals surface area contributed by atoms with Crippen LogP contribution in [0.25, 0.3) is 11.2 Å². The smallest absolute Gasteiger partial charge is 0.227 e. The zero-order valence-electron chi connectivity index (χ0n) is 21.5. The molecule has 3 heterocycles. The quantitative estimate of drug-likeness (QED) is 0.459. The number of piperidine rings is 1. The fourth-order valence-electron chi connectivity index (χ4n) is 5.90. The number of hydrogen-bond donors (Lipinski definition) is 3. The first-order chi connectivity index (χ1) is 17.4. The molecule has 10 nitrogen and oxygen atoms in total. The van der Waals surface area contributed by atoms with Crippen LogP contribution in [-0.2, 0) is 10.0 Å². The maximum absolute atomic E-state index is 12.6. The number of aromatic nitrogens is 4. The summed E-state index contributed by atoms with van der Waals surface area (Å²) in [6.45, 7) is 3.11. The molecule has 2 aromatic rings. The zero-order chi connectivity index (χ0) is 25.1. The average Bonchev–Trinajstić information content (AvgIpc) is 3.55. The maximum Gasteiger partial charge on any atom is 0.227 e. The molecule has 1 saturated heterocycles. The Morgan fingerprint density at radius 2 is 1.67 bits per heavy atom. The van der Waals surface area contributed by atoms with Crippen molar-refractivity contribution in [2.24, 2.45) is 5.73 Å². The molecule has 0 amide bonds. The van der Waals surface area contributed by atoms with Gasteiger partial charge in [0.05, 0.1) is 12.1 Å². The molecule has 0 unspecified atom stereocenters. The van der Waals surface area contributed by atoms with Gasteiger partial charge in [-0.2, -0.15) is 9.97 Å². The van der Waals surface area contributed by atoms with Gasteiger partial charge in [-0.25, -0.2) is 17.7 Å². The van der Waals surface area contributed by atoms with Gasteiger partial charge in [-0.3, -0.25) is 0 Å². The lowest BCUT2D eigenvalue weighted by molar-refractivity contribution is 0.329. The summed E-state index contributed by atoms with van der Waals surface area (Å²) in [6.07, 6.45) is 13.9. The van der Waals surface area contributed by atoms with E-state index in [4.69, 9.17) is 20.7 Å². The molecule has 0 bridgehead atoms. The van der Waals surface area contributed by atoms with Crippen LogP contribution < -0.4 is 16.4 Å². The Bertz CT molecular complexity index is 1110. The van der Waals surface area contributed by atoms with E-state index in [2.05, 4.69) is 15.2 Å². The van der Waals surface area contributed by atoms with Crippen molar-refractivity contribution in [3.8, 4) is 0 Å². The van der Waals surface area contributed by atoms with Crippen LogP contribution in [0.1, 0.15) is 90.0 Å². The van der Waals surface area contributed by atoms with Crippen molar-refractivity contribution in [1.29, 1.82) is 0 Å². The molecule has 0 atom stereocenters. The van der Waals surface area contributed by atoms with Gasteiger partial charge >= 0.3 is 0 Å². The van der Waals surface area contributed by atoms with Gasteiger partial charge in [0.15, 0.2) is 17.0 Å². The molecule has 0 aromatic carbocycles. The van der Waals surface area contributed by atoms with E-state index in [0.29, 0.717) is 43.6 Å². The first-order valence-electron chi connectivity index (χ1n) is 13.9. The van der Waals surface area contributed by atoms with Crippen LogP contribution in [0.2, 0.25) is 0 Å². The van der Waals surface area contributed by atoms with Crippen molar-refractivity contribution in [3.05, 3.63) is 6.33 Å². The minimum absolute atomic E-state index is 0.151. The standard InChI is InChI=1S/C25H42N8O2S/c1-2-3-16-36(34,35)32-14-12-20(13-15-32)28-23-22-24(33(17-27-22)21-6-4-5-7-21)31-25(30-23)29-19-10-8-18(26)9-11-19/h17-21H,2-16,26H2,1H3,(H2,28,29,30,31). The summed E-state index contributed by atoms with van der Waals surface area (Å²) in [5, 5.41) is 7.20. The summed E-state index contributed by atoms with van der Waals surface area (Å²) in [7, 11) is -3.16. The van der Waals surface area contributed by atoms with Crippen LogP contribution in [0.3, 0.4) is 0 Å². The van der Waals surface area contributed by atoms with Gasteiger partial charge in [0.1, 0.15) is 0 Å². The van der Waals surface area contributed by atoms with Crippen molar-refractivity contribution >= 4 is 33.0 Å². The molecule has 5 rings (SSSR count). The summed E-state index contributed by atoms with van der Waals surface area (Å²) < 4.78 is 29.1. The monoisotopic (exact) mass is 518 g/mol. The molecular weight excluding hydrogens is 476 g/mol. The number of rotatable bonds is 9. The minimum Gasteiger partial charge on any atom is -0.365 e. The van der Waals surface area contributed by atoms with Crippen LogP contribution in [0.4, 0.5) is 11.8 Å². The first kappa shape index (κ1) is 25.7. The summed E-state index contributed by atoms with van der Waals surface area (Å²) in [4.78, 5) is 14.6. The highest BCUT2D eigenvalue weighted by Gasteiger charge is 2.29. The third-order valence-electron chi connectivity index (χ3n) is 8.19. The SMILES string of the molecule is CCCCS(=O)(=O)N1CCC(Nc2nc(NC3CCC(N)CC3)nc3c2ncn3C2CCCC2)CC1. The van der Waals surface area contributed by atoms with Gasteiger partial charge in [0.2, 0.25) is 16.0 Å². The normalized spacial score (nSPS) is 24.9. The summed E-state index contributed by atoms with van der Waals surface area (Å²) in [6, 6.07) is 1.21. The molecule has 4 N–H and O–H groups in total. The number of imidazole rings is 1. The minimum atomic E-state index is -3.16. The Labute approximate surface area is 214 Å². The Kier molecular flexibility index (Phi) is 7.97. The molecule has 200 valence electrons. The topological polar surface area (TPSA) is 131 Å². The van der Waals surface area contributed by atoms with Gasteiger partial charge < -0.3 is 20.9 Å². The van der Waals surface area contributed by atoms with Crippen LogP contribution >= 0.6 is 0 Å². The van der Waals surface area contributed by atoms with Crippen LogP contribution in [-0.4, -0.2) is 69.2 Å². The number of fused-ring (bicyclic) bond motifs is 1. The van der Waals surface area contributed by atoms with E-state index in [0.717, 1.165) is 74.8 Å². The van der Waals surface area contributed by atoms with E-state index >= 15 is 0 Å². The fraction of sp³-hybridized carbons (Fsp3) is 0.800. The third kappa shape index (κ3) is 5.78. The number of nitrogens with two attached hydrogens (primary N) is 1. The van der Waals surface area contributed by atoms with Gasteiger partial charge in [-0.05, 0) is 57.8 Å². The average molecular weight is 519 g/mol. The fourth-order valence-corrected chi connectivity index (χ4v) is 7.58. The lowest BCUT2D eigenvalue weighted by atomic mass is 9.92. The van der Waals surface area contributed by atoms with E-state index < -0.39 is 10.0 Å². The Hall–Kier alpha value is -1.98. The first-order valence-corrected chi connectivity index (χ1v) is 15.5. The third-order valence-corrected chi connectivity index (χ3v) is 10.1. The predicted octanol–water partition coefficient (Wildman–Crippen LogP) is 3.63. The van der Waals surface area contributed by atoms with Crippen molar-refractivity contribution in [1.82, 2.24) is 23.8 Å². The largest absolute Gasteiger partial charge is 0.365 e. The Morgan fingerprint density at radius 1 is 0.972 bits per heavy atom. The van der Waals surface area contributed by atoms with Crippen LogP contribution in [0, 0.1) is 0 Å². The second-order valence-corrected chi connectivity index (χ2v) is 13.0. The van der Waals surface area contributed by atoms with Crippen molar-refractivity contribution < 1.29 is 8.42 Å². The predicted molar refractivity (Wildman–Crippen MR) is 144 cm³/mol. The van der Waals surface area contributed by atoms with Gasteiger partial charge in [0, 0.05) is 37.3 Å². The van der Waals surface area contributed by atoms with E-state index in [1.807, 2.05) is 13.3 Å². The number of sulfonamides is 1. The number of hydrogen-bond acceptors (Lipinski definition) is 8. The van der Waals surface area contributed by atoms with Gasteiger partial charge in [-0.15, -0.1) is 0 Å². The van der Waals surface area contributed by atoms with Crippen molar-refractivity contribution in [3.63, 3.8) is 0 Å². The molecule has 11 heteroatoms. The lowest BCUT2D eigenvalue weighted by Crippen LogP contribution is -2.43. The molecule has 2 saturated carbocycles. The molecular formula is C25H42N8O2S. The zero-order valence-corrected chi connectivity index (χ0v) is 22.3. The molecule has 2 aliphatic carbocycles. The molecule has 36 heavy (non-hydrogen) atoms. The molecule has 1 aliphatic heterocycles. The highest BCUT2D eigenvalue weighted by Crippen LogP contribution is 2.34. The number of unbranched alkanes of at least 4 members (excludes halogenated alkanes) is 1. The second kappa shape index (κ2) is 11.2. The molecule has 2 aromatic heterocycles. The summed E-state index contributed by atoms with van der Waals surface area (Å²) in [5.74, 6) is 1.64. The molecule has 0 spiro atoms. The van der Waals surface area contributed by atoms with E-state index in [1.54, 1.807) is 4.31 Å². The van der Waals surface area contributed by atoms with E-state index in [1.165, 1.54) is 12.8 Å². The number of nitrogens with zero attached hydrogens (tertiary/aromatic N) is 5. The highest BCUT2D eigenvalue weighted by atomic mass is 32.2. The van der Waals surface area contributed by atoms with Crippen molar-refractivity contribution in [2.75, 3.05) is 29.5 Å². The molecule has 3 aliphatic rings. The van der Waals surface area contributed by atoms with Crippen LogP contribution in [0.5, 0.6) is 0 Å². The number of nitrogens with one attached hydrogen (secondary N) is 2. The lowest BCUT2D eigenvalue weighted by Gasteiger charge is -2.32. The van der Waals surface area contributed by atoms with E-state index in [-0.39, 0.29) is 11.8 Å². The summed E-state index contributed by atoms with van der Waals surface area (Å²) in [5.41, 5.74) is 7.79. The maximum atomic E-state index is 12.6. The van der Waals surface area contributed by atoms with Crippen LogP contribution in [0.15, 0.2) is 6.33 Å². The van der Waals surface area contributed by atoms with Gasteiger partial charge in [-0.1, -0.05) is 26.2 Å². The van der Waals surface area contributed by atoms with Crippen molar-refractivity contribution in [2.45, 2.75) is 108 Å². The Balaban J connectivity index is 1.34. The Morgan fingerprint density at radius 3 is 2.36 bits per heavy atom. The summed E-state index contributed by atoms with van der Waals surface area (Å²) >= 11 is 0. The highest BCUT2D eigenvalue weighted by molar-refractivity contribution is 7.89. The van der Waals surface area contributed by atoms with Gasteiger partial charge in [0.25, 0.3) is 0 Å². The second-order valence-electron chi connectivity index (χ2n) is 10.9.